The van der Waals surface area contributed by atoms with E-state index in [0.717, 1.165) is 11.3 Å². The molecule has 0 saturated carbocycles. The van der Waals surface area contributed by atoms with Crippen molar-refractivity contribution in [2.75, 3.05) is 18.2 Å². The number of benzene rings is 2. The van der Waals surface area contributed by atoms with Crippen LogP contribution < -0.4 is 15.8 Å². The molecular weight excluding hydrogens is 366 g/mol. The zero-order valence-corrected chi connectivity index (χ0v) is 15.3. The second kappa shape index (κ2) is 8.86. The normalized spacial score (nSPS) is 10.7. The molecule has 3 rings (SSSR count). The van der Waals surface area contributed by atoms with E-state index >= 15 is 0 Å². The van der Waals surface area contributed by atoms with Crippen molar-refractivity contribution in [2.45, 2.75) is 6.61 Å². The van der Waals surface area contributed by atoms with E-state index in [2.05, 4.69) is 20.4 Å². The summed E-state index contributed by atoms with van der Waals surface area (Å²) in [6.45, 7) is 0.438. The minimum atomic E-state index is 0.280. The first-order valence-electron chi connectivity index (χ1n) is 8.07. The van der Waals surface area contributed by atoms with E-state index in [0.29, 0.717) is 28.8 Å². The first-order chi connectivity index (χ1) is 13.2. The molecule has 0 saturated heterocycles. The third-order valence-corrected chi connectivity index (χ3v) is 3.93. The van der Waals surface area contributed by atoms with Crippen LogP contribution in [0.25, 0.3) is 0 Å². The summed E-state index contributed by atoms with van der Waals surface area (Å²) in [5.74, 6) is 1.36. The van der Waals surface area contributed by atoms with Crippen LogP contribution in [0.2, 0.25) is 5.02 Å². The van der Waals surface area contributed by atoms with Crippen molar-refractivity contribution in [3.63, 3.8) is 0 Å². The maximum Gasteiger partial charge on any atom is 0.144 e. The number of nitrogens with one attached hydrogen (secondary N) is 1. The van der Waals surface area contributed by atoms with Crippen molar-refractivity contribution in [1.82, 2.24) is 9.97 Å². The molecule has 0 spiro atoms. The lowest BCUT2D eigenvalue weighted by Crippen LogP contribution is -2.05. The predicted molar refractivity (Wildman–Crippen MR) is 107 cm³/mol. The molecule has 2 aromatic carbocycles. The summed E-state index contributed by atoms with van der Waals surface area (Å²) in [5.41, 5.74) is 8.18. The van der Waals surface area contributed by atoms with Crippen LogP contribution in [0.15, 0.2) is 60.0 Å². The highest BCUT2D eigenvalue weighted by Crippen LogP contribution is 2.30. The van der Waals surface area contributed by atoms with Crippen molar-refractivity contribution in [2.24, 2.45) is 5.16 Å². The molecule has 8 heteroatoms. The molecule has 0 aliphatic rings. The zero-order chi connectivity index (χ0) is 19.1. The molecule has 7 nitrogen and oxygen atoms in total. The molecule has 3 aromatic rings. The van der Waals surface area contributed by atoms with Crippen LogP contribution in [-0.2, 0) is 11.4 Å². The molecule has 0 aliphatic heterocycles. The molecule has 1 heterocycles. The molecule has 138 valence electrons. The molecule has 0 bridgehead atoms. The van der Waals surface area contributed by atoms with E-state index < -0.39 is 0 Å². The van der Waals surface area contributed by atoms with E-state index in [1.54, 1.807) is 12.1 Å². The van der Waals surface area contributed by atoms with Gasteiger partial charge in [-0.25, -0.2) is 9.97 Å². The Labute approximate surface area is 161 Å². The fraction of sp³-hybridized carbons (Fsp3) is 0.105. The fourth-order valence-corrected chi connectivity index (χ4v) is 2.54. The number of hydrogen-bond donors (Lipinski definition) is 2. The van der Waals surface area contributed by atoms with Gasteiger partial charge in [0, 0.05) is 5.69 Å². The van der Waals surface area contributed by atoms with E-state index in [1.807, 2.05) is 36.4 Å². The van der Waals surface area contributed by atoms with Gasteiger partial charge in [0.15, 0.2) is 0 Å². The lowest BCUT2D eigenvalue weighted by molar-refractivity contribution is 0.215. The third-order valence-electron chi connectivity index (χ3n) is 3.63. The second-order valence-corrected chi connectivity index (χ2v) is 5.89. The summed E-state index contributed by atoms with van der Waals surface area (Å²) in [6, 6.07) is 15.2. The number of halogens is 1. The lowest BCUT2D eigenvalue weighted by atomic mass is 10.2. The summed E-state index contributed by atoms with van der Waals surface area (Å²) >= 11 is 6.35. The third kappa shape index (κ3) is 4.86. The van der Waals surface area contributed by atoms with E-state index in [1.165, 1.54) is 19.7 Å². The highest BCUT2D eigenvalue weighted by Gasteiger charge is 2.10. The van der Waals surface area contributed by atoms with Gasteiger partial charge in [0.2, 0.25) is 0 Å². The average molecular weight is 384 g/mol. The fourth-order valence-electron chi connectivity index (χ4n) is 2.31. The summed E-state index contributed by atoms with van der Waals surface area (Å²) in [6.07, 6.45) is 2.80. The molecule has 0 radical (unpaired) electrons. The number of ether oxygens (including phenoxy) is 1. The Hall–Kier alpha value is -3.32. The maximum atomic E-state index is 6.35. The monoisotopic (exact) mass is 383 g/mol. The van der Waals surface area contributed by atoms with Gasteiger partial charge in [0.25, 0.3) is 0 Å². The summed E-state index contributed by atoms with van der Waals surface area (Å²) in [5, 5.41) is 7.34. The quantitative estimate of drug-likeness (QED) is 0.472. The first kappa shape index (κ1) is 18.5. The van der Waals surface area contributed by atoms with Crippen LogP contribution in [0.1, 0.15) is 11.1 Å². The van der Waals surface area contributed by atoms with Crippen LogP contribution in [-0.4, -0.2) is 23.3 Å². The van der Waals surface area contributed by atoms with Crippen LogP contribution in [0, 0.1) is 0 Å². The Morgan fingerprint density at radius 1 is 1.19 bits per heavy atom. The summed E-state index contributed by atoms with van der Waals surface area (Å²) in [4.78, 5) is 12.8. The number of nitrogen functional groups attached to an aromatic ring is 1. The van der Waals surface area contributed by atoms with Crippen molar-refractivity contribution in [3.8, 4) is 5.75 Å². The van der Waals surface area contributed by atoms with Gasteiger partial charge in [-0.05, 0) is 23.8 Å². The second-order valence-electron chi connectivity index (χ2n) is 5.48. The Balaban J connectivity index is 1.75. The predicted octanol–water partition coefficient (Wildman–Crippen LogP) is 4.02. The Bertz CT molecular complexity index is 935. The highest BCUT2D eigenvalue weighted by molar-refractivity contribution is 6.32. The zero-order valence-electron chi connectivity index (χ0n) is 14.6. The number of anilines is 3. The Kier molecular flexibility index (Phi) is 6.06. The van der Waals surface area contributed by atoms with Gasteiger partial charge in [-0.2, -0.15) is 0 Å². The first-order valence-corrected chi connectivity index (χ1v) is 8.45. The van der Waals surface area contributed by atoms with Gasteiger partial charge in [-0.3, -0.25) is 0 Å². The van der Waals surface area contributed by atoms with E-state index in [4.69, 9.17) is 26.9 Å². The number of oxime groups is 1. The average Bonchev–Trinajstić information content (AvgIpc) is 2.68. The van der Waals surface area contributed by atoms with Crippen molar-refractivity contribution < 1.29 is 9.57 Å². The SMILES string of the molecule is CO/N=C/c1c(N)ncnc1Nc1ccc(OCc2ccccc2)c(Cl)c1. The van der Waals surface area contributed by atoms with Gasteiger partial charge in [-0.15, -0.1) is 0 Å². The maximum absolute atomic E-state index is 6.35. The molecule has 0 fully saturated rings. The standard InChI is InChI=1S/C19H18ClN5O2/c1-26-24-10-15-18(21)22-12-23-19(15)25-14-7-8-17(16(20)9-14)27-11-13-5-3-2-4-6-13/h2-10,12H,11H2,1H3,(H3,21,22,23,25)/b24-10+. The summed E-state index contributed by atoms with van der Waals surface area (Å²) in [7, 11) is 1.44. The van der Waals surface area contributed by atoms with Crippen LogP contribution in [0.3, 0.4) is 0 Å². The summed E-state index contributed by atoms with van der Waals surface area (Å²) < 4.78 is 5.78. The smallest absolute Gasteiger partial charge is 0.144 e. The van der Waals surface area contributed by atoms with Crippen molar-refractivity contribution >= 4 is 35.1 Å². The van der Waals surface area contributed by atoms with Crippen LogP contribution in [0.4, 0.5) is 17.3 Å². The molecular formula is C19H18ClN5O2. The number of aromatic nitrogens is 2. The largest absolute Gasteiger partial charge is 0.487 e. The minimum Gasteiger partial charge on any atom is -0.487 e. The Morgan fingerprint density at radius 3 is 2.74 bits per heavy atom. The van der Waals surface area contributed by atoms with Crippen molar-refractivity contribution in [1.29, 1.82) is 0 Å². The van der Waals surface area contributed by atoms with E-state index in [-0.39, 0.29) is 5.82 Å². The van der Waals surface area contributed by atoms with Gasteiger partial charge in [0.05, 0.1) is 16.8 Å². The number of rotatable bonds is 7. The number of nitrogens with zero attached hydrogens (tertiary/aromatic N) is 3. The minimum absolute atomic E-state index is 0.280. The van der Waals surface area contributed by atoms with Gasteiger partial charge in [0.1, 0.15) is 37.4 Å². The highest BCUT2D eigenvalue weighted by atomic mass is 35.5. The molecule has 27 heavy (non-hydrogen) atoms. The van der Waals surface area contributed by atoms with Crippen molar-refractivity contribution in [3.05, 3.63) is 71.0 Å². The van der Waals surface area contributed by atoms with Gasteiger partial charge < -0.3 is 20.6 Å². The van der Waals surface area contributed by atoms with Gasteiger partial charge >= 0.3 is 0 Å². The van der Waals surface area contributed by atoms with Crippen LogP contribution >= 0.6 is 11.6 Å². The Morgan fingerprint density at radius 2 is 2.00 bits per heavy atom. The number of nitrogens with two attached hydrogens (primary N) is 1. The number of hydrogen-bond acceptors (Lipinski definition) is 7. The lowest BCUT2D eigenvalue weighted by Gasteiger charge is -2.12. The topological polar surface area (TPSA) is 94.7 Å². The molecule has 1 aromatic heterocycles. The van der Waals surface area contributed by atoms with Crippen LogP contribution in [0.5, 0.6) is 5.75 Å². The molecule has 0 amide bonds. The molecule has 0 atom stereocenters. The molecule has 3 N–H and O–H groups in total. The van der Waals surface area contributed by atoms with Gasteiger partial charge in [-0.1, -0.05) is 47.1 Å². The molecule has 0 aliphatic carbocycles. The molecule has 0 unspecified atom stereocenters. The van der Waals surface area contributed by atoms with E-state index in [9.17, 15) is 0 Å².